The molecular weight excluding hydrogens is 208 g/mol. The number of oxazole rings is 1. The Morgan fingerprint density at radius 2 is 2.19 bits per heavy atom. The van der Waals surface area contributed by atoms with Crippen molar-refractivity contribution in [3.05, 3.63) is 42.3 Å². The van der Waals surface area contributed by atoms with Crippen molar-refractivity contribution in [1.29, 1.82) is 0 Å². The molecule has 0 radical (unpaired) electrons. The normalized spacial score (nSPS) is 12.3. The average molecular weight is 218 g/mol. The molecule has 1 heterocycles. The minimum Gasteiger partial charge on any atom is -0.480 e. The minimum absolute atomic E-state index is 0.368. The van der Waals surface area contributed by atoms with E-state index in [1.807, 2.05) is 0 Å². The monoisotopic (exact) mass is 218 g/mol. The first-order valence-corrected chi connectivity index (χ1v) is 4.67. The molecule has 0 bridgehead atoms. The standard InChI is InChI=1S/C11H10N2O3/c12-9(11(14)15)7-3-1-2-4-8(7)10-13-5-6-16-10/h1-6,9H,12H2,(H,14,15). The van der Waals surface area contributed by atoms with Crippen LogP contribution in [0.5, 0.6) is 0 Å². The number of carboxylic acids is 1. The lowest BCUT2D eigenvalue weighted by Gasteiger charge is -2.10. The number of aromatic nitrogens is 1. The summed E-state index contributed by atoms with van der Waals surface area (Å²) in [6.07, 6.45) is 2.93. The summed E-state index contributed by atoms with van der Waals surface area (Å²) in [6.45, 7) is 0. The average Bonchev–Trinajstić information content (AvgIpc) is 2.81. The molecule has 0 spiro atoms. The van der Waals surface area contributed by atoms with Gasteiger partial charge in [-0.3, -0.25) is 4.79 Å². The van der Waals surface area contributed by atoms with Gasteiger partial charge in [-0.05, 0) is 11.6 Å². The van der Waals surface area contributed by atoms with Gasteiger partial charge in [0, 0.05) is 5.56 Å². The van der Waals surface area contributed by atoms with Crippen LogP contribution in [0.25, 0.3) is 11.5 Å². The fourth-order valence-electron chi connectivity index (χ4n) is 1.45. The Morgan fingerprint density at radius 1 is 1.44 bits per heavy atom. The minimum atomic E-state index is -1.08. The SMILES string of the molecule is NC(C(=O)O)c1ccccc1-c1ncco1. The smallest absolute Gasteiger partial charge is 0.325 e. The van der Waals surface area contributed by atoms with E-state index in [9.17, 15) is 4.79 Å². The quantitative estimate of drug-likeness (QED) is 0.813. The van der Waals surface area contributed by atoms with Crippen molar-refractivity contribution < 1.29 is 14.3 Å². The molecule has 16 heavy (non-hydrogen) atoms. The van der Waals surface area contributed by atoms with Gasteiger partial charge in [0.2, 0.25) is 5.89 Å². The molecule has 0 saturated carbocycles. The van der Waals surface area contributed by atoms with E-state index in [0.717, 1.165) is 0 Å². The number of hydrogen-bond donors (Lipinski definition) is 2. The van der Waals surface area contributed by atoms with Gasteiger partial charge in [-0.2, -0.15) is 0 Å². The second-order valence-corrected chi connectivity index (χ2v) is 3.24. The maximum Gasteiger partial charge on any atom is 0.325 e. The zero-order chi connectivity index (χ0) is 11.5. The van der Waals surface area contributed by atoms with Gasteiger partial charge in [0.1, 0.15) is 12.3 Å². The molecule has 1 aromatic carbocycles. The van der Waals surface area contributed by atoms with E-state index in [1.165, 1.54) is 12.5 Å². The highest BCUT2D eigenvalue weighted by atomic mass is 16.4. The van der Waals surface area contributed by atoms with E-state index in [4.69, 9.17) is 15.3 Å². The third-order valence-electron chi connectivity index (χ3n) is 2.22. The van der Waals surface area contributed by atoms with Crippen molar-refractivity contribution >= 4 is 5.97 Å². The lowest BCUT2D eigenvalue weighted by Crippen LogP contribution is -2.21. The van der Waals surface area contributed by atoms with Crippen LogP contribution in [0.3, 0.4) is 0 Å². The van der Waals surface area contributed by atoms with Crippen LogP contribution in [0.15, 0.2) is 41.1 Å². The molecule has 1 unspecified atom stereocenters. The summed E-state index contributed by atoms with van der Waals surface area (Å²) < 4.78 is 5.13. The Balaban J connectivity index is 2.50. The summed E-state index contributed by atoms with van der Waals surface area (Å²) in [4.78, 5) is 14.8. The predicted molar refractivity (Wildman–Crippen MR) is 56.5 cm³/mol. The van der Waals surface area contributed by atoms with E-state index in [-0.39, 0.29) is 0 Å². The first kappa shape index (κ1) is 10.4. The zero-order valence-corrected chi connectivity index (χ0v) is 8.33. The molecule has 0 amide bonds. The molecule has 1 aromatic heterocycles. The first-order chi connectivity index (χ1) is 7.70. The van der Waals surface area contributed by atoms with Crippen LogP contribution in [-0.2, 0) is 4.79 Å². The third kappa shape index (κ3) is 1.80. The van der Waals surface area contributed by atoms with Crippen LogP contribution < -0.4 is 5.73 Å². The zero-order valence-electron chi connectivity index (χ0n) is 8.33. The Hall–Kier alpha value is -2.14. The van der Waals surface area contributed by atoms with Crippen molar-refractivity contribution in [3.8, 4) is 11.5 Å². The molecular formula is C11H10N2O3. The Labute approximate surface area is 91.5 Å². The number of carboxylic acid groups (broad SMARTS) is 1. The molecule has 0 aliphatic rings. The van der Waals surface area contributed by atoms with E-state index in [1.54, 1.807) is 24.3 Å². The topological polar surface area (TPSA) is 89.4 Å². The number of aliphatic carboxylic acids is 1. The van der Waals surface area contributed by atoms with Gasteiger partial charge in [0.25, 0.3) is 0 Å². The number of nitrogens with two attached hydrogens (primary N) is 1. The molecule has 5 heteroatoms. The maximum atomic E-state index is 10.8. The molecule has 5 nitrogen and oxygen atoms in total. The van der Waals surface area contributed by atoms with Crippen molar-refractivity contribution in [3.63, 3.8) is 0 Å². The van der Waals surface area contributed by atoms with Crippen LogP contribution >= 0.6 is 0 Å². The Kier molecular flexibility index (Phi) is 2.70. The molecule has 0 aliphatic heterocycles. The van der Waals surface area contributed by atoms with Crippen LogP contribution in [0, 0.1) is 0 Å². The van der Waals surface area contributed by atoms with E-state index in [0.29, 0.717) is 17.0 Å². The fraction of sp³-hybridized carbons (Fsp3) is 0.0909. The van der Waals surface area contributed by atoms with Crippen molar-refractivity contribution in [2.45, 2.75) is 6.04 Å². The van der Waals surface area contributed by atoms with Crippen molar-refractivity contribution in [2.24, 2.45) is 5.73 Å². The fourth-order valence-corrected chi connectivity index (χ4v) is 1.45. The number of benzene rings is 1. The number of rotatable bonds is 3. The third-order valence-corrected chi connectivity index (χ3v) is 2.22. The number of hydrogen-bond acceptors (Lipinski definition) is 4. The van der Waals surface area contributed by atoms with Crippen LogP contribution in [0.1, 0.15) is 11.6 Å². The Morgan fingerprint density at radius 3 is 2.81 bits per heavy atom. The highest BCUT2D eigenvalue weighted by Crippen LogP contribution is 2.25. The van der Waals surface area contributed by atoms with Gasteiger partial charge in [-0.25, -0.2) is 4.98 Å². The summed E-state index contributed by atoms with van der Waals surface area (Å²) in [5, 5.41) is 8.88. The van der Waals surface area contributed by atoms with E-state index < -0.39 is 12.0 Å². The van der Waals surface area contributed by atoms with Crippen LogP contribution in [-0.4, -0.2) is 16.1 Å². The van der Waals surface area contributed by atoms with Crippen molar-refractivity contribution in [2.75, 3.05) is 0 Å². The second kappa shape index (κ2) is 4.16. The Bertz CT molecular complexity index is 494. The summed E-state index contributed by atoms with van der Waals surface area (Å²) in [5.41, 5.74) is 6.66. The van der Waals surface area contributed by atoms with Gasteiger partial charge < -0.3 is 15.3 Å². The molecule has 1 atom stereocenters. The van der Waals surface area contributed by atoms with Crippen LogP contribution in [0.2, 0.25) is 0 Å². The van der Waals surface area contributed by atoms with Crippen molar-refractivity contribution in [1.82, 2.24) is 4.98 Å². The van der Waals surface area contributed by atoms with Gasteiger partial charge in [-0.1, -0.05) is 18.2 Å². The van der Waals surface area contributed by atoms with Gasteiger partial charge in [0.15, 0.2) is 0 Å². The summed E-state index contributed by atoms with van der Waals surface area (Å²) in [6, 6.07) is 5.80. The number of carbonyl (C=O) groups is 1. The lowest BCUT2D eigenvalue weighted by atomic mass is 10.0. The highest BCUT2D eigenvalue weighted by Gasteiger charge is 2.19. The summed E-state index contributed by atoms with van der Waals surface area (Å²) in [5.74, 6) is -0.716. The molecule has 3 N–H and O–H groups in total. The summed E-state index contributed by atoms with van der Waals surface area (Å²) in [7, 11) is 0. The second-order valence-electron chi connectivity index (χ2n) is 3.24. The van der Waals surface area contributed by atoms with Gasteiger partial charge >= 0.3 is 5.97 Å². The van der Waals surface area contributed by atoms with E-state index >= 15 is 0 Å². The molecule has 82 valence electrons. The highest BCUT2D eigenvalue weighted by molar-refractivity contribution is 5.78. The van der Waals surface area contributed by atoms with Gasteiger partial charge in [0.05, 0.1) is 6.20 Å². The molecule has 2 aromatic rings. The largest absolute Gasteiger partial charge is 0.480 e. The number of nitrogens with zero attached hydrogens (tertiary/aromatic N) is 1. The lowest BCUT2D eigenvalue weighted by molar-refractivity contribution is -0.138. The molecule has 2 rings (SSSR count). The molecule has 0 saturated heterocycles. The molecule has 0 aliphatic carbocycles. The first-order valence-electron chi connectivity index (χ1n) is 4.67. The van der Waals surface area contributed by atoms with Gasteiger partial charge in [-0.15, -0.1) is 0 Å². The predicted octanol–water partition coefficient (Wildman–Crippen LogP) is 1.43. The molecule has 0 fully saturated rings. The maximum absolute atomic E-state index is 10.8. The van der Waals surface area contributed by atoms with Crippen LogP contribution in [0.4, 0.5) is 0 Å². The summed E-state index contributed by atoms with van der Waals surface area (Å²) >= 11 is 0. The van der Waals surface area contributed by atoms with E-state index in [2.05, 4.69) is 4.98 Å².